The Bertz CT molecular complexity index is 493. The molecule has 0 radical (unpaired) electrons. The topological polar surface area (TPSA) is 58.2 Å². The summed E-state index contributed by atoms with van der Waals surface area (Å²) in [6.07, 6.45) is 0.187. The Morgan fingerprint density at radius 3 is 3.06 bits per heavy atom. The van der Waals surface area contributed by atoms with Crippen molar-refractivity contribution in [3.63, 3.8) is 0 Å². The van der Waals surface area contributed by atoms with Gasteiger partial charge in [-0.05, 0) is 25.1 Å². The Hall–Kier alpha value is -1.20. The van der Waals surface area contributed by atoms with Gasteiger partial charge in [-0.3, -0.25) is 9.59 Å². The number of nitrogens with one attached hydrogen (secondary N) is 2. The molecule has 0 fully saturated rings. The number of benzene rings is 1. The second-order valence-electron chi connectivity index (χ2n) is 3.89. The Labute approximate surface area is 114 Å². The molecule has 2 N–H and O–H groups in total. The van der Waals surface area contributed by atoms with Crippen LogP contribution in [0.15, 0.2) is 23.1 Å². The first-order chi connectivity index (χ1) is 8.60. The van der Waals surface area contributed by atoms with Gasteiger partial charge in [0.1, 0.15) is 0 Å². The van der Waals surface area contributed by atoms with E-state index in [0.717, 1.165) is 4.90 Å². The summed E-state index contributed by atoms with van der Waals surface area (Å²) in [4.78, 5) is 24.3. The minimum Gasteiger partial charge on any atom is -0.356 e. The number of hydrogen-bond acceptors (Lipinski definition) is 3. The van der Waals surface area contributed by atoms with Crippen molar-refractivity contribution < 1.29 is 9.59 Å². The molecule has 1 unspecified atom stereocenters. The molecule has 0 aliphatic carbocycles. The predicted octanol–water partition coefficient (Wildman–Crippen LogP) is 2.28. The van der Waals surface area contributed by atoms with Crippen LogP contribution < -0.4 is 10.6 Å². The van der Waals surface area contributed by atoms with E-state index in [9.17, 15) is 9.59 Å². The van der Waals surface area contributed by atoms with Gasteiger partial charge in [0, 0.05) is 22.9 Å². The van der Waals surface area contributed by atoms with Crippen molar-refractivity contribution in [1.82, 2.24) is 5.32 Å². The van der Waals surface area contributed by atoms with Crippen LogP contribution in [-0.4, -0.2) is 23.6 Å². The molecule has 0 saturated heterocycles. The third-order valence-electron chi connectivity index (χ3n) is 2.51. The van der Waals surface area contributed by atoms with Gasteiger partial charge in [-0.1, -0.05) is 11.6 Å². The van der Waals surface area contributed by atoms with Gasteiger partial charge in [-0.15, -0.1) is 11.8 Å². The van der Waals surface area contributed by atoms with Crippen LogP contribution in [0.3, 0.4) is 0 Å². The van der Waals surface area contributed by atoms with Crippen LogP contribution in [0.25, 0.3) is 0 Å². The summed E-state index contributed by atoms with van der Waals surface area (Å²) in [5.41, 5.74) is 0.713. The maximum Gasteiger partial charge on any atom is 0.238 e. The molecule has 0 spiro atoms. The molecule has 1 heterocycles. The molecule has 1 atom stereocenters. The van der Waals surface area contributed by atoms with E-state index < -0.39 is 0 Å². The molecule has 2 rings (SSSR count). The lowest BCUT2D eigenvalue weighted by atomic mass is 10.2. The SMILES string of the molecule is CCNC(=O)CC1Sc2ccc(Cl)cc2NC1=O. The maximum atomic E-state index is 11.9. The Morgan fingerprint density at radius 1 is 1.56 bits per heavy atom. The highest BCUT2D eigenvalue weighted by molar-refractivity contribution is 8.01. The average Bonchev–Trinajstić information content (AvgIpc) is 2.31. The van der Waals surface area contributed by atoms with Crippen molar-refractivity contribution >= 4 is 40.9 Å². The van der Waals surface area contributed by atoms with Gasteiger partial charge in [-0.2, -0.15) is 0 Å². The Morgan fingerprint density at radius 2 is 2.33 bits per heavy atom. The van der Waals surface area contributed by atoms with Gasteiger partial charge in [0.05, 0.1) is 10.9 Å². The lowest BCUT2D eigenvalue weighted by Gasteiger charge is -2.23. The number of rotatable bonds is 3. The first-order valence-electron chi connectivity index (χ1n) is 5.64. The van der Waals surface area contributed by atoms with E-state index >= 15 is 0 Å². The fourth-order valence-corrected chi connectivity index (χ4v) is 2.96. The van der Waals surface area contributed by atoms with E-state index in [0.29, 0.717) is 17.3 Å². The monoisotopic (exact) mass is 284 g/mol. The molecule has 1 aromatic carbocycles. The van der Waals surface area contributed by atoms with Crippen molar-refractivity contribution in [2.75, 3.05) is 11.9 Å². The van der Waals surface area contributed by atoms with Gasteiger partial charge in [-0.25, -0.2) is 0 Å². The van der Waals surface area contributed by atoms with E-state index in [-0.39, 0.29) is 23.5 Å². The van der Waals surface area contributed by atoms with Crippen LogP contribution in [0.1, 0.15) is 13.3 Å². The van der Waals surface area contributed by atoms with Crippen LogP contribution in [0.2, 0.25) is 5.02 Å². The van der Waals surface area contributed by atoms with Gasteiger partial charge >= 0.3 is 0 Å². The number of anilines is 1. The van der Waals surface area contributed by atoms with Crippen LogP contribution in [-0.2, 0) is 9.59 Å². The summed E-state index contributed by atoms with van der Waals surface area (Å²) in [6.45, 7) is 2.42. The highest BCUT2D eigenvalue weighted by Crippen LogP contribution is 2.38. The fourth-order valence-electron chi connectivity index (χ4n) is 1.69. The molecular formula is C12H13ClN2O2S. The van der Waals surface area contributed by atoms with E-state index in [1.165, 1.54) is 11.8 Å². The zero-order valence-corrected chi connectivity index (χ0v) is 11.4. The fraction of sp³-hybridized carbons (Fsp3) is 0.333. The van der Waals surface area contributed by atoms with Crippen molar-refractivity contribution in [3.05, 3.63) is 23.2 Å². The second kappa shape index (κ2) is 5.63. The van der Waals surface area contributed by atoms with Crippen LogP contribution in [0.4, 0.5) is 5.69 Å². The van der Waals surface area contributed by atoms with Crippen molar-refractivity contribution in [2.24, 2.45) is 0 Å². The zero-order valence-electron chi connectivity index (χ0n) is 9.83. The summed E-state index contributed by atoms with van der Waals surface area (Å²) < 4.78 is 0. The van der Waals surface area contributed by atoms with Gasteiger partial charge in [0.25, 0.3) is 0 Å². The van der Waals surface area contributed by atoms with Crippen molar-refractivity contribution in [3.8, 4) is 0 Å². The quantitative estimate of drug-likeness (QED) is 0.895. The van der Waals surface area contributed by atoms with E-state index in [2.05, 4.69) is 10.6 Å². The molecule has 18 heavy (non-hydrogen) atoms. The number of thioether (sulfide) groups is 1. The van der Waals surface area contributed by atoms with Crippen molar-refractivity contribution in [1.29, 1.82) is 0 Å². The lowest BCUT2D eigenvalue weighted by Crippen LogP contribution is -2.34. The molecule has 1 aliphatic rings. The summed E-state index contributed by atoms with van der Waals surface area (Å²) >= 11 is 7.26. The molecule has 4 nitrogen and oxygen atoms in total. The predicted molar refractivity (Wildman–Crippen MR) is 73.0 cm³/mol. The van der Waals surface area contributed by atoms with Gasteiger partial charge < -0.3 is 10.6 Å². The second-order valence-corrected chi connectivity index (χ2v) is 5.57. The standard InChI is InChI=1S/C12H13ClN2O2S/c1-2-14-11(16)6-10-12(17)15-8-5-7(13)3-4-9(8)18-10/h3-5,10H,2,6H2,1H3,(H,14,16)(H,15,17). The normalized spacial score (nSPS) is 17.9. The number of hydrogen-bond donors (Lipinski definition) is 2. The highest BCUT2D eigenvalue weighted by atomic mass is 35.5. The molecular weight excluding hydrogens is 272 g/mol. The summed E-state index contributed by atoms with van der Waals surface area (Å²) in [5, 5.41) is 5.66. The highest BCUT2D eigenvalue weighted by Gasteiger charge is 2.28. The third kappa shape index (κ3) is 2.97. The lowest BCUT2D eigenvalue weighted by molar-refractivity contribution is -0.123. The van der Waals surface area contributed by atoms with Crippen LogP contribution >= 0.6 is 23.4 Å². The van der Waals surface area contributed by atoms with E-state index in [4.69, 9.17) is 11.6 Å². The molecule has 1 aromatic rings. The first kappa shape index (κ1) is 13.2. The minimum atomic E-state index is -0.384. The number of amides is 2. The van der Waals surface area contributed by atoms with Crippen LogP contribution in [0.5, 0.6) is 0 Å². The van der Waals surface area contributed by atoms with Crippen molar-refractivity contribution in [2.45, 2.75) is 23.5 Å². The maximum absolute atomic E-state index is 11.9. The smallest absolute Gasteiger partial charge is 0.238 e. The molecule has 0 bridgehead atoms. The van der Waals surface area contributed by atoms with Gasteiger partial charge in [0.15, 0.2) is 0 Å². The largest absolute Gasteiger partial charge is 0.356 e. The summed E-state index contributed by atoms with van der Waals surface area (Å²) in [7, 11) is 0. The van der Waals surface area contributed by atoms with E-state index in [1.807, 2.05) is 13.0 Å². The number of carbonyl (C=O) groups is 2. The summed E-state index contributed by atoms with van der Waals surface area (Å²) in [5.74, 6) is -0.261. The summed E-state index contributed by atoms with van der Waals surface area (Å²) in [6, 6.07) is 5.34. The zero-order chi connectivity index (χ0) is 13.1. The number of halogens is 1. The molecule has 0 aromatic heterocycles. The average molecular weight is 285 g/mol. The molecule has 1 aliphatic heterocycles. The molecule has 96 valence electrons. The number of fused-ring (bicyclic) bond motifs is 1. The molecule has 0 saturated carbocycles. The third-order valence-corrected chi connectivity index (χ3v) is 4.02. The van der Waals surface area contributed by atoms with Gasteiger partial charge in [0.2, 0.25) is 11.8 Å². The number of carbonyl (C=O) groups excluding carboxylic acids is 2. The first-order valence-corrected chi connectivity index (χ1v) is 6.89. The Balaban J connectivity index is 2.11. The van der Waals surface area contributed by atoms with Crippen LogP contribution in [0, 0.1) is 0 Å². The minimum absolute atomic E-state index is 0.109. The molecule has 6 heteroatoms. The molecule has 2 amide bonds. The van der Waals surface area contributed by atoms with E-state index in [1.54, 1.807) is 12.1 Å². The Kier molecular flexibility index (Phi) is 4.14.